The Morgan fingerprint density at radius 1 is 1.00 bits per heavy atom. The topological polar surface area (TPSA) is 51.3 Å². The molecule has 0 aliphatic rings. The second-order valence-electron chi connectivity index (χ2n) is 6.28. The third kappa shape index (κ3) is 3.53. The van der Waals surface area contributed by atoms with Crippen LogP contribution < -0.4 is 0 Å². The number of furan rings is 1. The Bertz CT molecular complexity index is 1020. The molecular weight excluding hydrogens is 338 g/mol. The van der Waals surface area contributed by atoms with Gasteiger partial charge in [0.05, 0.1) is 24.1 Å². The van der Waals surface area contributed by atoms with Gasteiger partial charge in [-0.2, -0.15) is 5.10 Å². The first-order chi connectivity index (χ1) is 13.2. The van der Waals surface area contributed by atoms with Crippen LogP contribution in [0.3, 0.4) is 0 Å². The molecular formula is C22H19N3O2. The van der Waals surface area contributed by atoms with Crippen LogP contribution in [0.2, 0.25) is 0 Å². The number of carbonyl (C=O) groups excluding carboxylic acids is 1. The summed E-state index contributed by atoms with van der Waals surface area (Å²) in [5.74, 6) is 0.634. The van der Waals surface area contributed by atoms with Crippen LogP contribution in [0, 0.1) is 0 Å². The molecule has 0 N–H and O–H groups in total. The predicted molar refractivity (Wildman–Crippen MR) is 104 cm³/mol. The van der Waals surface area contributed by atoms with Gasteiger partial charge in [0.2, 0.25) is 0 Å². The van der Waals surface area contributed by atoms with E-state index in [9.17, 15) is 4.79 Å². The van der Waals surface area contributed by atoms with Gasteiger partial charge in [-0.3, -0.25) is 4.79 Å². The van der Waals surface area contributed by atoms with E-state index in [0.29, 0.717) is 17.8 Å². The van der Waals surface area contributed by atoms with Crippen molar-refractivity contribution in [1.82, 2.24) is 14.7 Å². The molecule has 5 heteroatoms. The minimum atomic E-state index is -0.104. The zero-order chi connectivity index (χ0) is 18.6. The third-order valence-electron chi connectivity index (χ3n) is 4.33. The van der Waals surface area contributed by atoms with E-state index in [0.717, 1.165) is 17.0 Å². The number of amides is 1. The molecule has 0 spiro atoms. The number of para-hydroxylation sites is 1. The summed E-state index contributed by atoms with van der Waals surface area (Å²) >= 11 is 0. The van der Waals surface area contributed by atoms with E-state index in [1.54, 1.807) is 29.1 Å². The molecule has 134 valence electrons. The minimum Gasteiger partial charge on any atom is -0.467 e. The lowest BCUT2D eigenvalue weighted by molar-refractivity contribution is 0.0776. The van der Waals surface area contributed by atoms with Gasteiger partial charge in [0.1, 0.15) is 11.5 Å². The number of aromatic nitrogens is 2. The molecule has 0 saturated heterocycles. The van der Waals surface area contributed by atoms with E-state index < -0.39 is 0 Å². The van der Waals surface area contributed by atoms with Crippen molar-refractivity contribution in [2.24, 2.45) is 0 Å². The van der Waals surface area contributed by atoms with E-state index in [1.165, 1.54) is 0 Å². The van der Waals surface area contributed by atoms with Crippen molar-refractivity contribution in [3.8, 4) is 16.9 Å². The van der Waals surface area contributed by atoms with Crippen LogP contribution >= 0.6 is 0 Å². The molecule has 0 radical (unpaired) electrons. The van der Waals surface area contributed by atoms with Crippen molar-refractivity contribution >= 4 is 5.91 Å². The summed E-state index contributed by atoms with van der Waals surface area (Å²) in [5, 5.41) is 4.70. The van der Waals surface area contributed by atoms with Crippen molar-refractivity contribution in [1.29, 1.82) is 0 Å². The van der Waals surface area contributed by atoms with Crippen molar-refractivity contribution < 1.29 is 9.21 Å². The van der Waals surface area contributed by atoms with Gasteiger partial charge in [0, 0.05) is 18.8 Å². The van der Waals surface area contributed by atoms with Gasteiger partial charge < -0.3 is 9.32 Å². The van der Waals surface area contributed by atoms with Gasteiger partial charge in [-0.15, -0.1) is 0 Å². The molecule has 0 atom stereocenters. The summed E-state index contributed by atoms with van der Waals surface area (Å²) in [5.41, 5.74) is 3.03. The molecule has 1 amide bonds. The summed E-state index contributed by atoms with van der Waals surface area (Å²) < 4.78 is 7.11. The molecule has 0 aliphatic carbocycles. The van der Waals surface area contributed by atoms with Gasteiger partial charge in [-0.1, -0.05) is 48.5 Å². The lowest BCUT2D eigenvalue weighted by atomic mass is 10.1. The van der Waals surface area contributed by atoms with Crippen molar-refractivity contribution in [2.45, 2.75) is 6.54 Å². The lowest BCUT2D eigenvalue weighted by Crippen LogP contribution is -2.26. The monoisotopic (exact) mass is 357 g/mol. The predicted octanol–water partition coefficient (Wildman–Crippen LogP) is 4.40. The first-order valence-electron chi connectivity index (χ1n) is 8.71. The second-order valence-corrected chi connectivity index (χ2v) is 6.28. The number of benzene rings is 2. The smallest absolute Gasteiger partial charge is 0.257 e. The molecule has 0 aliphatic heterocycles. The van der Waals surface area contributed by atoms with Gasteiger partial charge in [0.25, 0.3) is 5.91 Å². The van der Waals surface area contributed by atoms with Crippen LogP contribution in [-0.4, -0.2) is 27.6 Å². The minimum absolute atomic E-state index is 0.104. The molecule has 2 heterocycles. The average Bonchev–Trinajstić information content (AvgIpc) is 3.39. The molecule has 2 aromatic carbocycles. The summed E-state index contributed by atoms with van der Waals surface area (Å²) in [7, 11) is 1.76. The number of nitrogens with zero attached hydrogens (tertiary/aromatic N) is 3. The fourth-order valence-electron chi connectivity index (χ4n) is 2.97. The maximum absolute atomic E-state index is 13.1. The fraction of sp³-hybridized carbons (Fsp3) is 0.0909. The molecule has 0 bridgehead atoms. The van der Waals surface area contributed by atoms with Crippen molar-refractivity contribution in [2.75, 3.05) is 7.05 Å². The molecule has 0 saturated carbocycles. The molecule has 4 rings (SSSR count). The molecule has 4 aromatic rings. The quantitative estimate of drug-likeness (QED) is 0.532. The van der Waals surface area contributed by atoms with Gasteiger partial charge in [0.15, 0.2) is 0 Å². The van der Waals surface area contributed by atoms with Crippen LogP contribution in [0.15, 0.2) is 89.7 Å². The molecule has 0 unspecified atom stereocenters. The van der Waals surface area contributed by atoms with Crippen LogP contribution in [0.1, 0.15) is 16.1 Å². The standard InChI is InChI=1S/C22H19N3O2/c1-24(15-19-13-8-14-27-19)22(26)20-16-25(18-11-6-3-7-12-18)23-21(20)17-9-4-2-5-10-17/h2-14,16H,15H2,1H3. The summed E-state index contributed by atoms with van der Waals surface area (Å²) in [4.78, 5) is 14.8. The van der Waals surface area contributed by atoms with Gasteiger partial charge in [-0.25, -0.2) is 4.68 Å². The Kier molecular flexibility index (Phi) is 4.58. The number of rotatable bonds is 5. The first-order valence-corrected chi connectivity index (χ1v) is 8.71. The van der Waals surface area contributed by atoms with E-state index in [-0.39, 0.29) is 5.91 Å². The van der Waals surface area contributed by atoms with Gasteiger partial charge in [-0.05, 0) is 24.3 Å². The highest BCUT2D eigenvalue weighted by Gasteiger charge is 2.22. The maximum atomic E-state index is 13.1. The summed E-state index contributed by atoms with van der Waals surface area (Å²) in [6.07, 6.45) is 3.40. The highest BCUT2D eigenvalue weighted by Crippen LogP contribution is 2.25. The first kappa shape index (κ1) is 16.8. The largest absolute Gasteiger partial charge is 0.467 e. The second kappa shape index (κ2) is 7.33. The van der Waals surface area contributed by atoms with Crippen molar-refractivity contribution in [3.63, 3.8) is 0 Å². The molecule has 5 nitrogen and oxygen atoms in total. The van der Waals surface area contributed by atoms with Crippen LogP contribution in [0.4, 0.5) is 0 Å². The van der Waals surface area contributed by atoms with Crippen molar-refractivity contribution in [3.05, 3.63) is 96.6 Å². The SMILES string of the molecule is CN(Cc1ccco1)C(=O)c1cn(-c2ccccc2)nc1-c1ccccc1. The fourth-order valence-corrected chi connectivity index (χ4v) is 2.97. The maximum Gasteiger partial charge on any atom is 0.257 e. The summed E-state index contributed by atoms with van der Waals surface area (Å²) in [6.45, 7) is 0.399. The number of hydrogen-bond donors (Lipinski definition) is 0. The number of hydrogen-bond acceptors (Lipinski definition) is 3. The Hall–Kier alpha value is -3.60. The Morgan fingerprint density at radius 2 is 1.70 bits per heavy atom. The Labute approximate surface area is 157 Å². The lowest BCUT2D eigenvalue weighted by Gasteiger charge is -2.15. The van der Waals surface area contributed by atoms with Crippen LogP contribution in [0.25, 0.3) is 16.9 Å². The molecule has 2 aromatic heterocycles. The Balaban J connectivity index is 1.73. The Morgan fingerprint density at radius 3 is 2.37 bits per heavy atom. The summed E-state index contributed by atoms with van der Waals surface area (Å²) in [6, 6.07) is 23.2. The highest BCUT2D eigenvalue weighted by molar-refractivity contribution is 5.99. The van der Waals surface area contributed by atoms with Crippen LogP contribution in [0.5, 0.6) is 0 Å². The van der Waals surface area contributed by atoms with E-state index in [2.05, 4.69) is 0 Å². The zero-order valence-electron chi connectivity index (χ0n) is 14.9. The van der Waals surface area contributed by atoms with E-state index >= 15 is 0 Å². The average molecular weight is 357 g/mol. The molecule has 0 fully saturated rings. The van der Waals surface area contributed by atoms with E-state index in [1.807, 2.05) is 72.8 Å². The third-order valence-corrected chi connectivity index (χ3v) is 4.33. The number of carbonyl (C=O) groups is 1. The van der Waals surface area contributed by atoms with Crippen LogP contribution in [-0.2, 0) is 6.54 Å². The van der Waals surface area contributed by atoms with Gasteiger partial charge >= 0.3 is 0 Å². The normalized spacial score (nSPS) is 10.7. The molecule has 27 heavy (non-hydrogen) atoms. The van der Waals surface area contributed by atoms with E-state index in [4.69, 9.17) is 9.52 Å². The zero-order valence-corrected chi connectivity index (χ0v) is 14.9. The highest BCUT2D eigenvalue weighted by atomic mass is 16.3.